The van der Waals surface area contributed by atoms with E-state index in [0.717, 1.165) is 53.0 Å². The smallest absolute Gasteiger partial charge is 0.410 e. The van der Waals surface area contributed by atoms with E-state index in [1.807, 2.05) is 57.0 Å². The molecule has 1 spiro atoms. The van der Waals surface area contributed by atoms with Crippen molar-refractivity contribution in [1.82, 2.24) is 34.7 Å². The third kappa shape index (κ3) is 6.77. The maximum Gasteiger partial charge on any atom is 0.410 e. The number of rotatable bonds is 7. The summed E-state index contributed by atoms with van der Waals surface area (Å²) in [6.45, 7) is 7.33. The molecule has 3 fully saturated rings. The van der Waals surface area contributed by atoms with Crippen LogP contribution in [-0.2, 0) is 17.7 Å². The van der Waals surface area contributed by atoms with Crippen LogP contribution >= 0.6 is 0 Å². The van der Waals surface area contributed by atoms with Crippen molar-refractivity contribution in [3.05, 3.63) is 65.6 Å². The second-order valence-corrected chi connectivity index (χ2v) is 16.0. The molecule has 2 amide bonds. The number of fused-ring (bicyclic) bond motifs is 2. The van der Waals surface area contributed by atoms with Crippen LogP contribution in [0.4, 0.5) is 30.8 Å². The molecule has 3 aliphatic heterocycles. The second kappa shape index (κ2) is 13.2. The van der Waals surface area contributed by atoms with Crippen LogP contribution in [0.25, 0.3) is 16.9 Å². The van der Waals surface area contributed by atoms with Crippen LogP contribution in [-0.4, -0.2) is 98.7 Å². The first kappa shape index (κ1) is 35.2. The molecule has 1 aliphatic carbocycles. The summed E-state index contributed by atoms with van der Waals surface area (Å²) in [5.74, 6) is -2.35. The lowest BCUT2D eigenvalue weighted by Crippen LogP contribution is -2.59. The molecule has 3 aromatic heterocycles. The number of halogens is 2. The number of hydrogen-bond donors (Lipinski definition) is 2. The lowest BCUT2D eigenvalue weighted by atomic mass is 9.68. The number of benzene rings is 1. The van der Waals surface area contributed by atoms with Gasteiger partial charge in [0.25, 0.3) is 11.8 Å². The van der Waals surface area contributed by atoms with E-state index in [-0.39, 0.29) is 44.4 Å². The standard InChI is InChI=1S/C39H47F2N9O3/c1-37(2,3)53-36(52)48-18-14-38(15-19-48)13-17-47(24-39(38,40)41)23-25-8-11-29(43-21-25)27-6-5-7-31-28(27)12-16-49(31)33-20-30(42-4)34-44-22-32(50(34)46-33)35(51)45-26-9-10-26/h5-8,11,20-22,26,42H,9-10,12-19,23-24H2,1-4H3,(H,45,51). The number of hydrogen-bond acceptors (Lipinski definition) is 9. The van der Waals surface area contributed by atoms with Crippen molar-refractivity contribution in [1.29, 1.82) is 0 Å². The Morgan fingerprint density at radius 3 is 2.45 bits per heavy atom. The number of piperidine rings is 2. The van der Waals surface area contributed by atoms with E-state index in [1.54, 1.807) is 21.8 Å². The lowest BCUT2D eigenvalue weighted by Gasteiger charge is -2.51. The molecule has 0 atom stereocenters. The number of likely N-dealkylation sites (tertiary alicyclic amines) is 2. The summed E-state index contributed by atoms with van der Waals surface area (Å²) in [6.07, 6.45) is 6.62. The Balaban J connectivity index is 0.947. The zero-order valence-electron chi connectivity index (χ0n) is 30.8. The van der Waals surface area contributed by atoms with Crippen LogP contribution in [0.2, 0.25) is 0 Å². The molecule has 0 radical (unpaired) electrons. The summed E-state index contributed by atoms with van der Waals surface area (Å²) < 4.78 is 38.8. The summed E-state index contributed by atoms with van der Waals surface area (Å²) >= 11 is 0. The van der Waals surface area contributed by atoms with Crippen molar-refractivity contribution >= 4 is 34.8 Å². The van der Waals surface area contributed by atoms with Gasteiger partial charge in [-0.1, -0.05) is 18.2 Å². The van der Waals surface area contributed by atoms with Crippen molar-refractivity contribution in [2.75, 3.05) is 50.0 Å². The van der Waals surface area contributed by atoms with Gasteiger partial charge in [0.1, 0.15) is 5.60 Å². The molecule has 280 valence electrons. The largest absolute Gasteiger partial charge is 0.444 e. The van der Waals surface area contributed by atoms with Gasteiger partial charge in [-0.25, -0.2) is 23.1 Å². The van der Waals surface area contributed by atoms with Gasteiger partial charge in [-0.2, -0.15) is 0 Å². The van der Waals surface area contributed by atoms with Gasteiger partial charge in [-0.15, -0.1) is 5.10 Å². The highest BCUT2D eigenvalue weighted by atomic mass is 19.3. The Morgan fingerprint density at radius 1 is 1.00 bits per heavy atom. The molecule has 12 nitrogen and oxygen atoms in total. The molecular formula is C39H47F2N9O3. The minimum atomic E-state index is -2.87. The molecular weight excluding hydrogens is 680 g/mol. The third-order valence-corrected chi connectivity index (χ3v) is 11.2. The van der Waals surface area contributed by atoms with Crippen LogP contribution in [0.15, 0.2) is 48.8 Å². The summed E-state index contributed by atoms with van der Waals surface area (Å²) in [7, 11) is 1.83. The SMILES string of the molecule is CNc1cc(N2CCc3c(-c4ccc(CN5CCC6(CCN(C(=O)OC(C)(C)C)CC6)C(F)(F)C5)cn4)cccc32)nn2c(C(=O)NC3CC3)cnc12. The normalized spacial score (nSPS) is 19.7. The first-order valence-electron chi connectivity index (χ1n) is 18.6. The third-order valence-electron chi connectivity index (χ3n) is 11.2. The minimum Gasteiger partial charge on any atom is -0.444 e. The Bertz CT molecular complexity index is 2030. The van der Waals surface area contributed by atoms with Gasteiger partial charge in [0.15, 0.2) is 17.2 Å². The number of aromatic nitrogens is 4. The van der Waals surface area contributed by atoms with E-state index in [9.17, 15) is 9.59 Å². The van der Waals surface area contributed by atoms with Crippen molar-refractivity contribution < 1.29 is 23.1 Å². The minimum absolute atomic E-state index is 0.180. The number of alkyl halides is 2. The lowest BCUT2D eigenvalue weighted by molar-refractivity contribution is -0.187. The van der Waals surface area contributed by atoms with E-state index < -0.39 is 23.0 Å². The molecule has 0 unspecified atom stereocenters. The van der Waals surface area contributed by atoms with Crippen LogP contribution in [0.1, 0.15) is 74.5 Å². The van der Waals surface area contributed by atoms with Crippen LogP contribution < -0.4 is 15.5 Å². The summed E-state index contributed by atoms with van der Waals surface area (Å²) in [4.78, 5) is 40.4. The zero-order chi connectivity index (χ0) is 37.1. The molecule has 4 aliphatic rings. The predicted molar refractivity (Wildman–Crippen MR) is 198 cm³/mol. The molecule has 2 saturated heterocycles. The fourth-order valence-corrected chi connectivity index (χ4v) is 8.04. The van der Waals surface area contributed by atoms with Gasteiger partial charge in [0.2, 0.25) is 0 Å². The quantitative estimate of drug-likeness (QED) is 0.227. The number of amides is 2. The van der Waals surface area contributed by atoms with Crippen LogP contribution in [0.5, 0.6) is 0 Å². The molecule has 1 aromatic carbocycles. The van der Waals surface area contributed by atoms with E-state index in [0.29, 0.717) is 43.2 Å². The highest BCUT2D eigenvalue weighted by molar-refractivity contribution is 5.94. The fraction of sp³-hybridized carbons (Fsp3) is 0.513. The number of anilines is 3. The summed E-state index contributed by atoms with van der Waals surface area (Å²) in [5, 5.41) is 11.1. The Hall–Kier alpha value is -4.85. The van der Waals surface area contributed by atoms with E-state index in [1.165, 1.54) is 0 Å². The maximum atomic E-state index is 15.8. The number of nitrogens with zero attached hydrogens (tertiary/aromatic N) is 7. The van der Waals surface area contributed by atoms with Gasteiger partial charge in [0, 0.05) is 68.2 Å². The topological polar surface area (TPSA) is 120 Å². The van der Waals surface area contributed by atoms with Gasteiger partial charge in [-0.3, -0.25) is 14.7 Å². The van der Waals surface area contributed by atoms with Crippen molar-refractivity contribution in [3.8, 4) is 11.3 Å². The molecule has 0 bridgehead atoms. The average Bonchev–Trinajstić information content (AvgIpc) is 3.65. The maximum absolute atomic E-state index is 15.8. The number of imidazole rings is 1. The predicted octanol–water partition coefficient (Wildman–Crippen LogP) is 6.28. The van der Waals surface area contributed by atoms with Gasteiger partial charge in [0.05, 0.1) is 24.1 Å². The summed E-state index contributed by atoms with van der Waals surface area (Å²) in [5.41, 5.74) is 4.92. The van der Waals surface area contributed by atoms with Crippen molar-refractivity contribution in [3.63, 3.8) is 0 Å². The monoisotopic (exact) mass is 727 g/mol. The van der Waals surface area contributed by atoms with E-state index >= 15 is 8.78 Å². The molecule has 4 aromatic rings. The second-order valence-electron chi connectivity index (χ2n) is 16.0. The van der Waals surface area contributed by atoms with Gasteiger partial charge < -0.3 is 25.2 Å². The number of carbonyl (C=O) groups is 2. The summed E-state index contributed by atoms with van der Waals surface area (Å²) in [6, 6.07) is 12.3. The Labute approximate surface area is 307 Å². The highest BCUT2D eigenvalue weighted by Gasteiger charge is 2.57. The first-order chi connectivity index (χ1) is 25.3. The molecule has 8 rings (SSSR count). The molecule has 53 heavy (non-hydrogen) atoms. The van der Waals surface area contributed by atoms with E-state index in [4.69, 9.17) is 14.8 Å². The van der Waals surface area contributed by atoms with Gasteiger partial charge in [-0.05, 0) is 89.1 Å². The van der Waals surface area contributed by atoms with Crippen molar-refractivity contribution in [2.45, 2.75) is 83.4 Å². The number of pyridine rings is 1. The molecule has 6 heterocycles. The highest BCUT2D eigenvalue weighted by Crippen LogP contribution is 2.51. The molecule has 14 heteroatoms. The fourth-order valence-electron chi connectivity index (χ4n) is 8.04. The van der Waals surface area contributed by atoms with Crippen molar-refractivity contribution in [2.24, 2.45) is 5.41 Å². The average molecular weight is 728 g/mol. The van der Waals surface area contributed by atoms with Gasteiger partial charge >= 0.3 is 6.09 Å². The number of carbonyl (C=O) groups excluding carboxylic acids is 2. The Morgan fingerprint density at radius 2 is 1.77 bits per heavy atom. The molecule has 2 N–H and O–H groups in total. The van der Waals surface area contributed by atoms with Crippen LogP contribution in [0, 0.1) is 5.41 Å². The first-order valence-corrected chi connectivity index (χ1v) is 18.6. The molecule has 1 saturated carbocycles. The zero-order valence-corrected chi connectivity index (χ0v) is 30.8. The van der Waals surface area contributed by atoms with E-state index in [2.05, 4.69) is 32.7 Å². The number of ether oxygens (including phenoxy) is 1. The van der Waals surface area contributed by atoms with Crippen LogP contribution in [0.3, 0.4) is 0 Å². The Kier molecular flexibility index (Phi) is 8.78. The number of nitrogens with one attached hydrogen (secondary N) is 2.